The molecule has 0 radical (unpaired) electrons. The molecule has 4 rings (SSSR count). The Morgan fingerprint density at radius 1 is 1.18 bits per heavy atom. The van der Waals surface area contributed by atoms with Crippen LogP contribution < -0.4 is 5.73 Å². The van der Waals surface area contributed by atoms with Crippen LogP contribution in [-0.4, -0.2) is 34.5 Å². The number of fused-ring (bicyclic) bond motifs is 2. The Bertz CT molecular complexity index is 534. The minimum atomic E-state index is 0.263. The lowest BCUT2D eigenvalue weighted by Gasteiger charge is -2.42. The van der Waals surface area contributed by atoms with E-state index in [1.54, 1.807) is 0 Å². The van der Waals surface area contributed by atoms with Gasteiger partial charge in [0.2, 0.25) is 5.95 Å². The highest BCUT2D eigenvalue weighted by Crippen LogP contribution is 2.44. The van der Waals surface area contributed by atoms with Crippen molar-refractivity contribution in [2.24, 2.45) is 5.92 Å². The van der Waals surface area contributed by atoms with Gasteiger partial charge in [0.25, 0.3) is 0 Å². The number of nitrogen functional groups attached to an aromatic ring is 1. The van der Waals surface area contributed by atoms with Crippen LogP contribution in [0.25, 0.3) is 0 Å². The average molecular weight is 300 g/mol. The van der Waals surface area contributed by atoms with Gasteiger partial charge in [-0.2, -0.15) is 0 Å². The molecule has 1 spiro atoms. The van der Waals surface area contributed by atoms with Crippen LogP contribution in [0.15, 0.2) is 6.20 Å². The summed E-state index contributed by atoms with van der Waals surface area (Å²) in [7, 11) is 0. The summed E-state index contributed by atoms with van der Waals surface area (Å²) >= 11 is 0. The molecule has 3 aliphatic rings. The van der Waals surface area contributed by atoms with Crippen LogP contribution in [-0.2, 0) is 11.8 Å². The van der Waals surface area contributed by atoms with Gasteiger partial charge in [-0.25, -0.2) is 9.97 Å². The molecule has 2 heterocycles. The number of hydrogen-bond donors (Lipinski definition) is 1. The summed E-state index contributed by atoms with van der Waals surface area (Å²) in [6.45, 7) is 3.76. The Balaban J connectivity index is 1.50. The monoisotopic (exact) mass is 300 g/mol. The minimum absolute atomic E-state index is 0.263. The number of aryl methyl sites for hydroxylation is 1. The van der Waals surface area contributed by atoms with Gasteiger partial charge >= 0.3 is 0 Å². The zero-order valence-electron chi connectivity index (χ0n) is 13.6. The summed E-state index contributed by atoms with van der Waals surface area (Å²) in [4.78, 5) is 11.6. The van der Waals surface area contributed by atoms with E-state index in [-0.39, 0.29) is 5.41 Å². The van der Waals surface area contributed by atoms with Crippen molar-refractivity contribution in [1.29, 1.82) is 0 Å². The molecule has 2 N–H and O–H groups in total. The zero-order chi connectivity index (χ0) is 15.0. The standard InChI is InChI=1S/C18H28N4/c19-17-20-11-15-7-9-18(16(15)21-17)8-4-10-22(13-18)12-14-5-2-1-3-6-14/h11,14H,1-10,12-13H2,(H2,19,20,21). The largest absolute Gasteiger partial charge is 0.368 e. The fraction of sp³-hybridized carbons (Fsp3) is 0.778. The van der Waals surface area contributed by atoms with Crippen molar-refractivity contribution < 1.29 is 0 Å². The lowest BCUT2D eigenvalue weighted by atomic mass is 9.77. The van der Waals surface area contributed by atoms with E-state index in [2.05, 4.69) is 14.9 Å². The maximum absolute atomic E-state index is 5.87. The van der Waals surface area contributed by atoms with Gasteiger partial charge in [-0.3, -0.25) is 0 Å². The zero-order valence-corrected chi connectivity index (χ0v) is 13.6. The SMILES string of the molecule is Nc1ncc2c(n1)C1(CCCN(CC3CCCCC3)C1)CC2. The van der Waals surface area contributed by atoms with Gasteiger partial charge in [0.1, 0.15) is 0 Å². The van der Waals surface area contributed by atoms with E-state index >= 15 is 0 Å². The molecule has 1 unspecified atom stereocenters. The van der Waals surface area contributed by atoms with E-state index in [1.807, 2.05) is 6.20 Å². The van der Waals surface area contributed by atoms with Crippen LogP contribution in [0.1, 0.15) is 62.6 Å². The Hall–Kier alpha value is -1.16. The van der Waals surface area contributed by atoms with Crippen LogP contribution in [0.3, 0.4) is 0 Å². The van der Waals surface area contributed by atoms with Crippen molar-refractivity contribution in [3.05, 3.63) is 17.5 Å². The number of nitrogens with two attached hydrogens (primary N) is 1. The Kier molecular flexibility index (Phi) is 3.81. The fourth-order valence-corrected chi connectivity index (χ4v) is 5.07. The van der Waals surface area contributed by atoms with Gasteiger partial charge in [0, 0.05) is 24.7 Å². The topological polar surface area (TPSA) is 55.0 Å². The average Bonchev–Trinajstić information content (AvgIpc) is 2.86. The van der Waals surface area contributed by atoms with Crippen molar-refractivity contribution in [3.8, 4) is 0 Å². The molecular formula is C18H28N4. The van der Waals surface area contributed by atoms with E-state index in [1.165, 1.54) is 82.3 Å². The molecule has 2 fully saturated rings. The van der Waals surface area contributed by atoms with E-state index in [0.717, 1.165) is 12.3 Å². The second kappa shape index (κ2) is 5.80. The molecule has 1 saturated heterocycles. The van der Waals surface area contributed by atoms with Gasteiger partial charge in [0.15, 0.2) is 0 Å². The number of anilines is 1. The van der Waals surface area contributed by atoms with Crippen molar-refractivity contribution in [2.75, 3.05) is 25.4 Å². The van der Waals surface area contributed by atoms with Gasteiger partial charge in [0.05, 0.1) is 5.69 Å². The van der Waals surface area contributed by atoms with E-state index in [4.69, 9.17) is 5.73 Å². The maximum Gasteiger partial charge on any atom is 0.220 e. The molecule has 1 aromatic rings. The van der Waals surface area contributed by atoms with Crippen LogP contribution in [0.2, 0.25) is 0 Å². The van der Waals surface area contributed by atoms with E-state index in [9.17, 15) is 0 Å². The molecule has 4 nitrogen and oxygen atoms in total. The van der Waals surface area contributed by atoms with Crippen molar-refractivity contribution in [2.45, 2.75) is 63.2 Å². The predicted octanol–water partition coefficient (Wildman–Crippen LogP) is 2.92. The van der Waals surface area contributed by atoms with E-state index in [0.29, 0.717) is 5.95 Å². The first-order valence-electron chi connectivity index (χ1n) is 9.09. The molecule has 120 valence electrons. The molecule has 0 amide bonds. The second-order valence-electron chi connectivity index (χ2n) is 7.73. The molecule has 1 aliphatic heterocycles. The van der Waals surface area contributed by atoms with Crippen LogP contribution in [0.4, 0.5) is 5.95 Å². The van der Waals surface area contributed by atoms with Gasteiger partial charge in [-0.15, -0.1) is 0 Å². The molecular weight excluding hydrogens is 272 g/mol. The summed E-state index contributed by atoms with van der Waals surface area (Å²) in [6, 6.07) is 0. The first-order valence-corrected chi connectivity index (χ1v) is 9.09. The number of rotatable bonds is 2. The third-order valence-electron chi connectivity index (χ3n) is 6.16. The number of nitrogens with zero attached hydrogens (tertiary/aromatic N) is 3. The van der Waals surface area contributed by atoms with Crippen molar-refractivity contribution in [1.82, 2.24) is 14.9 Å². The lowest BCUT2D eigenvalue weighted by Crippen LogP contribution is -2.47. The number of aromatic nitrogens is 2. The summed E-state index contributed by atoms with van der Waals surface area (Å²) in [5.41, 5.74) is 8.75. The molecule has 4 heteroatoms. The predicted molar refractivity (Wildman–Crippen MR) is 88.7 cm³/mol. The summed E-state index contributed by atoms with van der Waals surface area (Å²) in [5.74, 6) is 1.38. The summed E-state index contributed by atoms with van der Waals surface area (Å²) in [6.07, 6.45) is 14.1. The quantitative estimate of drug-likeness (QED) is 0.912. The second-order valence-corrected chi connectivity index (χ2v) is 7.73. The molecule has 1 saturated carbocycles. The summed E-state index contributed by atoms with van der Waals surface area (Å²) in [5, 5.41) is 0. The number of likely N-dealkylation sites (tertiary alicyclic amines) is 1. The molecule has 2 aliphatic carbocycles. The Labute approximate surface area is 133 Å². The highest BCUT2D eigenvalue weighted by atomic mass is 15.1. The van der Waals surface area contributed by atoms with Crippen LogP contribution in [0, 0.1) is 5.92 Å². The highest BCUT2D eigenvalue weighted by Gasteiger charge is 2.43. The maximum atomic E-state index is 5.87. The fourth-order valence-electron chi connectivity index (χ4n) is 5.07. The van der Waals surface area contributed by atoms with Gasteiger partial charge in [-0.05, 0) is 56.6 Å². The Morgan fingerprint density at radius 2 is 2.05 bits per heavy atom. The number of hydrogen-bond acceptors (Lipinski definition) is 4. The molecule has 22 heavy (non-hydrogen) atoms. The molecule has 1 atom stereocenters. The molecule has 1 aromatic heterocycles. The van der Waals surface area contributed by atoms with Gasteiger partial charge in [-0.1, -0.05) is 19.3 Å². The number of piperidine rings is 1. The highest BCUT2D eigenvalue weighted by molar-refractivity contribution is 5.37. The van der Waals surface area contributed by atoms with E-state index < -0.39 is 0 Å². The third-order valence-corrected chi connectivity index (χ3v) is 6.16. The smallest absolute Gasteiger partial charge is 0.220 e. The van der Waals surface area contributed by atoms with Crippen molar-refractivity contribution >= 4 is 5.95 Å². The summed E-state index contributed by atoms with van der Waals surface area (Å²) < 4.78 is 0. The first kappa shape index (κ1) is 14.4. The molecule has 0 bridgehead atoms. The van der Waals surface area contributed by atoms with Crippen LogP contribution >= 0.6 is 0 Å². The third kappa shape index (κ3) is 2.62. The van der Waals surface area contributed by atoms with Gasteiger partial charge < -0.3 is 10.6 Å². The minimum Gasteiger partial charge on any atom is -0.368 e. The van der Waals surface area contributed by atoms with Crippen molar-refractivity contribution in [3.63, 3.8) is 0 Å². The lowest BCUT2D eigenvalue weighted by molar-refractivity contribution is 0.114. The van der Waals surface area contributed by atoms with Crippen LogP contribution in [0.5, 0.6) is 0 Å². The Morgan fingerprint density at radius 3 is 2.91 bits per heavy atom. The molecule has 0 aromatic carbocycles. The normalized spacial score (nSPS) is 29.8. The first-order chi connectivity index (χ1) is 10.8.